The van der Waals surface area contributed by atoms with Crippen LogP contribution in [0.5, 0.6) is 0 Å². The third-order valence-corrected chi connectivity index (χ3v) is 4.60. The van der Waals surface area contributed by atoms with Crippen LogP contribution in [0.2, 0.25) is 0 Å². The van der Waals surface area contributed by atoms with Gasteiger partial charge >= 0.3 is 0 Å². The number of allylic oxidation sites excluding steroid dienone is 3. The highest BCUT2D eigenvalue weighted by molar-refractivity contribution is 7.80. The monoisotopic (exact) mass is 384 g/mol. The van der Waals surface area contributed by atoms with Crippen LogP contribution < -0.4 is 10.6 Å². The molecule has 0 atom stereocenters. The molecule has 27 heavy (non-hydrogen) atoms. The van der Waals surface area contributed by atoms with Crippen LogP contribution in [0.3, 0.4) is 0 Å². The van der Waals surface area contributed by atoms with Gasteiger partial charge in [-0.15, -0.1) is 0 Å². The number of rotatable bonds is 5. The highest BCUT2D eigenvalue weighted by atomic mass is 32.1. The van der Waals surface area contributed by atoms with E-state index in [1.165, 1.54) is 38.3 Å². The van der Waals surface area contributed by atoms with Crippen molar-refractivity contribution in [2.75, 3.05) is 13.1 Å². The molecule has 2 heterocycles. The highest BCUT2D eigenvalue weighted by Gasteiger charge is 2.15. The minimum atomic E-state index is -0.289. The summed E-state index contributed by atoms with van der Waals surface area (Å²) in [5.74, 6) is -0.289. The smallest absolute Gasteiger partial charge is 0.258 e. The number of amides is 1. The number of carbonyl (C=O) groups excluding carboxylic acids is 1. The zero-order valence-corrected chi connectivity index (χ0v) is 16.7. The van der Waals surface area contributed by atoms with Gasteiger partial charge in [0.25, 0.3) is 5.91 Å². The van der Waals surface area contributed by atoms with E-state index in [0.29, 0.717) is 5.56 Å². The van der Waals surface area contributed by atoms with Gasteiger partial charge in [0.15, 0.2) is 5.11 Å². The van der Waals surface area contributed by atoms with Crippen molar-refractivity contribution in [3.63, 3.8) is 0 Å². The van der Waals surface area contributed by atoms with Crippen molar-refractivity contribution in [1.82, 2.24) is 20.5 Å². The lowest BCUT2D eigenvalue weighted by Crippen LogP contribution is -2.40. The van der Waals surface area contributed by atoms with Gasteiger partial charge in [0, 0.05) is 25.5 Å². The Balaban J connectivity index is 2.13. The zero-order valence-electron chi connectivity index (χ0n) is 15.9. The number of nitrogens with one attached hydrogen (secondary N) is 2. The van der Waals surface area contributed by atoms with E-state index in [9.17, 15) is 4.79 Å². The topological polar surface area (TPSA) is 57.3 Å². The molecule has 0 unspecified atom stereocenters. The molecule has 0 radical (unpaired) electrons. The quantitative estimate of drug-likeness (QED) is 0.595. The molecule has 1 fully saturated rings. The molecule has 0 spiro atoms. The third kappa shape index (κ3) is 6.64. The summed E-state index contributed by atoms with van der Waals surface area (Å²) in [7, 11) is 0. The number of thiocarbonyl (C=S) groups is 1. The standard InChI is InChI=1S/C21H28N4OS/c1-3-11-19(25-14-8-6-5-7-9-15-25)18(4-2)23-21(27)24-20(26)17-12-10-13-22-16-17/h3-4,10-13,16H,2,5-9,14-15H2,1H3,(H2,23,24,26,27)/b11-3-,19-18-. The van der Waals surface area contributed by atoms with Crippen LogP contribution in [0.1, 0.15) is 49.4 Å². The van der Waals surface area contributed by atoms with Crippen LogP contribution in [0.15, 0.2) is 60.7 Å². The van der Waals surface area contributed by atoms with Crippen LogP contribution in [0.25, 0.3) is 0 Å². The van der Waals surface area contributed by atoms with E-state index in [2.05, 4.69) is 33.2 Å². The summed E-state index contributed by atoms with van der Waals surface area (Å²) in [6, 6.07) is 3.41. The summed E-state index contributed by atoms with van der Waals surface area (Å²) in [5, 5.41) is 6.08. The first kappa shape index (κ1) is 20.8. The van der Waals surface area contributed by atoms with Gasteiger partial charge in [0.1, 0.15) is 0 Å². The van der Waals surface area contributed by atoms with E-state index in [-0.39, 0.29) is 11.0 Å². The fraction of sp³-hybridized carbons (Fsp3) is 0.381. The second kappa shape index (κ2) is 11.3. The van der Waals surface area contributed by atoms with Crippen molar-refractivity contribution >= 4 is 23.2 Å². The van der Waals surface area contributed by atoms with Gasteiger partial charge < -0.3 is 10.2 Å². The minimum Gasteiger partial charge on any atom is -0.370 e. The first-order chi connectivity index (χ1) is 13.2. The summed E-state index contributed by atoms with van der Waals surface area (Å²) in [5.41, 5.74) is 2.31. The van der Waals surface area contributed by atoms with E-state index < -0.39 is 0 Å². The van der Waals surface area contributed by atoms with Crippen molar-refractivity contribution in [2.24, 2.45) is 0 Å². The predicted octanol–water partition coefficient (Wildman–Crippen LogP) is 3.93. The summed E-state index contributed by atoms with van der Waals surface area (Å²) in [6.07, 6.45) is 15.1. The van der Waals surface area contributed by atoms with Crippen molar-refractivity contribution < 1.29 is 4.79 Å². The number of pyridine rings is 1. The van der Waals surface area contributed by atoms with E-state index >= 15 is 0 Å². The van der Waals surface area contributed by atoms with Gasteiger partial charge in [0.05, 0.1) is 17.0 Å². The summed E-state index contributed by atoms with van der Waals surface area (Å²) in [4.78, 5) is 18.6. The maximum absolute atomic E-state index is 12.3. The van der Waals surface area contributed by atoms with Gasteiger partial charge in [-0.3, -0.25) is 15.1 Å². The molecule has 0 bridgehead atoms. The Bertz CT molecular complexity index is 704. The lowest BCUT2D eigenvalue weighted by atomic mass is 10.1. The van der Waals surface area contributed by atoms with E-state index in [4.69, 9.17) is 12.2 Å². The minimum absolute atomic E-state index is 0.243. The molecule has 0 saturated carbocycles. The number of nitrogens with zero attached hydrogens (tertiary/aromatic N) is 2. The molecule has 144 valence electrons. The second-order valence-electron chi connectivity index (χ2n) is 6.41. The van der Waals surface area contributed by atoms with Gasteiger partial charge in [-0.1, -0.05) is 31.9 Å². The van der Waals surface area contributed by atoms with E-state index in [1.807, 2.05) is 13.0 Å². The largest absolute Gasteiger partial charge is 0.370 e. The number of carbonyl (C=O) groups is 1. The Morgan fingerprint density at radius 3 is 2.52 bits per heavy atom. The molecular formula is C21H28N4OS. The van der Waals surface area contributed by atoms with Crippen LogP contribution in [0, 0.1) is 0 Å². The van der Waals surface area contributed by atoms with Crippen LogP contribution >= 0.6 is 12.2 Å². The Kier molecular flexibility index (Phi) is 8.71. The normalized spacial score (nSPS) is 16.1. The van der Waals surface area contributed by atoms with Gasteiger partial charge in [-0.25, -0.2) is 0 Å². The Labute approximate surface area is 167 Å². The van der Waals surface area contributed by atoms with E-state index in [0.717, 1.165) is 24.5 Å². The lowest BCUT2D eigenvalue weighted by Gasteiger charge is -2.29. The molecule has 1 amide bonds. The van der Waals surface area contributed by atoms with Crippen LogP contribution in [-0.2, 0) is 0 Å². The van der Waals surface area contributed by atoms with Gasteiger partial charge in [-0.2, -0.15) is 0 Å². The maximum atomic E-state index is 12.3. The molecule has 2 N–H and O–H groups in total. The molecule has 1 aromatic rings. The molecule has 5 nitrogen and oxygen atoms in total. The fourth-order valence-corrected chi connectivity index (χ4v) is 3.26. The van der Waals surface area contributed by atoms with E-state index in [1.54, 1.807) is 24.4 Å². The average Bonchev–Trinajstić information content (AvgIpc) is 2.65. The fourth-order valence-electron chi connectivity index (χ4n) is 3.06. The molecule has 0 aromatic carbocycles. The third-order valence-electron chi connectivity index (χ3n) is 4.40. The maximum Gasteiger partial charge on any atom is 0.258 e. The summed E-state index contributed by atoms with van der Waals surface area (Å²) in [6.45, 7) is 7.94. The van der Waals surface area contributed by atoms with Crippen molar-refractivity contribution in [2.45, 2.75) is 39.0 Å². The average molecular weight is 385 g/mol. The summed E-state index contributed by atoms with van der Waals surface area (Å²) >= 11 is 5.34. The molecule has 6 heteroatoms. The number of hydrogen-bond donors (Lipinski definition) is 2. The SMILES string of the molecule is C=C/C(NC(=S)NC(=O)c1cccnc1)=C(\C=C/C)N1CCCCCCC1. The number of aromatic nitrogens is 1. The van der Waals surface area contributed by atoms with Crippen molar-refractivity contribution in [3.05, 3.63) is 66.3 Å². The zero-order chi connectivity index (χ0) is 19.5. The van der Waals surface area contributed by atoms with Gasteiger partial charge in [-0.05, 0) is 56.3 Å². The molecule has 0 aliphatic carbocycles. The number of likely N-dealkylation sites (tertiary alicyclic amines) is 1. The van der Waals surface area contributed by atoms with Gasteiger partial charge in [0.2, 0.25) is 0 Å². The first-order valence-electron chi connectivity index (χ1n) is 9.42. The Morgan fingerprint density at radius 2 is 1.93 bits per heavy atom. The number of hydrogen-bond acceptors (Lipinski definition) is 4. The van der Waals surface area contributed by atoms with Crippen molar-refractivity contribution in [1.29, 1.82) is 0 Å². The lowest BCUT2D eigenvalue weighted by molar-refractivity contribution is 0.0976. The first-order valence-corrected chi connectivity index (χ1v) is 9.83. The Hall–Kier alpha value is -2.47. The predicted molar refractivity (Wildman–Crippen MR) is 114 cm³/mol. The molecule has 1 aliphatic heterocycles. The Morgan fingerprint density at radius 1 is 1.22 bits per heavy atom. The molecule has 2 rings (SSSR count). The molecule has 1 aliphatic rings. The van der Waals surface area contributed by atoms with Crippen LogP contribution in [-0.4, -0.2) is 34.0 Å². The van der Waals surface area contributed by atoms with Crippen LogP contribution in [0.4, 0.5) is 0 Å². The molecule has 1 aromatic heterocycles. The highest BCUT2D eigenvalue weighted by Crippen LogP contribution is 2.18. The molecular weight excluding hydrogens is 356 g/mol. The molecule has 1 saturated heterocycles. The van der Waals surface area contributed by atoms with Crippen molar-refractivity contribution in [3.8, 4) is 0 Å². The second-order valence-corrected chi connectivity index (χ2v) is 6.82. The summed E-state index contributed by atoms with van der Waals surface area (Å²) < 4.78 is 0.